The molecule has 1 atom stereocenters. The fraction of sp³-hybridized carbons (Fsp3) is 0.300. The Hall–Kier alpha value is -2.33. The van der Waals surface area contributed by atoms with Crippen molar-refractivity contribution in [2.24, 2.45) is 0 Å². The summed E-state index contributed by atoms with van der Waals surface area (Å²) in [5.74, 6) is -0.179. The van der Waals surface area contributed by atoms with Crippen LogP contribution in [0, 0.1) is 0 Å². The molecule has 0 aromatic heterocycles. The maximum atomic E-state index is 12.9. The Labute approximate surface area is 152 Å². The van der Waals surface area contributed by atoms with Crippen LogP contribution in [0.5, 0.6) is 0 Å². The van der Waals surface area contributed by atoms with Crippen LogP contribution in [0.1, 0.15) is 36.1 Å². The number of carbonyl (C=O) groups is 2. The second-order valence-corrected chi connectivity index (χ2v) is 6.51. The van der Waals surface area contributed by atoms with Crippen molar-refractivity contribution in [3.8, 4) is 0 Å². The molecule has 0 aliphatic carbocycles. The van der Waals surface area contributed by atoms with E-state index >= 15 is 0 Å². The van der Waals surface area contributed by atoms with E-state index in [1.165, 1.54) is 0 Å². The third-order valence-electron chi connectivity index (χ3n) is 4.57. The zero-order chi connectivity index (χ0) is 17.8. The molecule has 0 unspecified atom stereocenters. The predicted molar refractivity (Wildman–Crippen MR) is 98.2 cm³/mol. The summed E-state index contributed by atoms with van der Waals surface area (Å²) >= 11 is 6.16. The molecule has 5 heteroatoms. The summed E-state index contributed by atoms with van der Waals surface area (Å²) in [5, 5.41) is 3.56. The van der Waals surface area contributed by atoms with Gasteiger partial charge in [0.25, 0.3) is 0 Å². The van der Waals surface area contributed by atoms with Gasteiger partial charge in [0.05, 0.1) is 0 Å². The molecule has 0 spiro atoms. The maximum Gasteiger partial charge on any atom is 0.247 e. The van der Waals surface area contributed by atoms with Crippen molar-refractivity contribution >= 4 is 23.4 Å². The van der Waals surface area contributed by atoms with E-state index < -0.39 is 6.04 Å². The van der Waals surface area contributed by atoms with E-state index in [1.54, 1.807) is 11.0 Å². The highest BCUT2D eigenvalue weighted by molar-refractivity contribution is 6.31. The van der Waals surface area contributed by atoms with Gasteiger partial charge in [-0.2, -0.15) is 0 Å². The minimum absolute atomic E-state index is 0.00704. The molecule has 2 aromatic carbocycles. The minimum Gasteiger partial charge on any atom is -0.350 e. The Balaban J connectivity index is 1.84. The largest absolute Gasteiger partial charge is 0.350 e. The summed E-state index contributed by atoms with van der Waals surface area (Å²) in [6.45, 7) is 2.72. The van der Waals surface area contributed by atoms with Crippen LogP contribution in [0.25, 0.3) is 0 Å². The normalized spacial score (nSPS) is 16.2. The van der Waals surface area contributed by atoms with E-state index in [0.29, 0.717) is 24.5 Å². The van der Waals surface area contributed by atoms with Gasteiger partial charge >= 0.3 is 0 Å². The van der Waals surface area contributed by atoms with Crippen molar-refractivity contribution in [2.45, 2.75) is 32.4 Å². The van der Waals surface area contributed by atoms with Gasteiger partial charge in [-0.05, 0) is 29.2 Å². The van der Waals surface area contributed by atoms with Crippen LogP contribution in [0.4, 0.5) is 0 Å². The quantitative estimate of drug-likeness (QED) is 0.911. The standard InChI is InChI=1S/C20H21ClN2O2/c1-2-18(24)23-12-11-14-7-3-5-9-16(14)19(23)20(25)22-13-15-8-4-6-10-17(15)21/h3-10,19H,2,11-13H2,1H3,(H,22,25)/t19-/m1/s1. The van der Waals surface area contributed by atoms with Crippen LogP contribution >= 0.6 is 11.6 Å². The van der Waals surface area contributed by atoms with E-state index in [0.717, 1.165) is 23.1 Å². The number of fused-ring (bicyclic) bond motifs is 1. The first-order valence-electron chi connectivity index (χ1n) is 8.50. The lowest BCUT2D eigenvalue weighted by Crippen LogP contribution is -2.46. The highest BCUT2D eigenvalue weighted by Crippen LogP contribution is 2.30. The van der Waals surface area contributed by atoms with Crippen molar-refractivity contribution in [2.75, 3.05) is 6.54 Å². The number of hydrogen-bond donors (Lipinski definition) is 1. The van der Waals surface area contributed by atoms with Crippen LogP contribution in [-0.4, -0.2) is 23.3 Å². The molecule has 2 amide bonds. The van der Waals surface area contributed by atoms with Crippen molar-refractivity contribution < 1.29 is 9.59 Å². The molecule has 0 fully saturated rings. The topological polar surface area (TPSA) is 49.4 Å². The molecule has 4 nitrogen and oxygen atoms in total. The molecule has 1 N–H and O–H groups in total. The lowest BCUT2D eigenvalue weighted by molar-refractivity contribution is -0.141. The molecule has 0 saturated heterocycles. The Morgan fingerprint density at radius 1 is 1.16 bits per heavy atom. The van der Waals surface area contributed by atoms with Crippen molar-refractivity contribution in [1.29, 1.82) is 0 Å². The molecule has 0 saturated carbocycles. The molecule has 2 aromatic rings. The number of halogens is 1. The van der Waals surface area contributed by atoms with Gasteiger partial charge in [0.2, 0.25) is 11.8 Å². The number of nitrogens with one attached hydrogen (secondary N) is 1. The summed E-state index contributed by atoms with van der Waals surface area (Å²) in [7, 11) is 0. The lowest BCUT2D eigenvalue weighted by Gasteiger charge is -2.36. The van der Waals surface area contributed by atoms with Gasteiger partial charge < -0.3 is 10.2 Å². The fourth-order valence-electron chi connectivity index (χ4n) is 3.24. The fourth-order valence-corrected chi connectivity index (χ4v) is 3.44. The summed E-state index contributed by atoms with van der Waals surface area (Å²) in [6.07, 6.45) is 1.16. The van der Waals surface area contributed by atoms with E-state index in [9.17, 15) is 9.59 Å². The van der Waals surface area contributed by atoms with E-state index in [4.69, 9.17) is 11.6 Å². The zero-order valence-corrected chi connectivity index (χ0v) is 14.9. The number of carbonyl (C=O) groups excluding carboxylic acids is 2. The highest BCUT2D eigenvalue weighted by atomic mass is 35.5. The summed E-state index contributed by atoms with van der Waals surface area (Å²) < 4.78 is 0. The van der Waals surface area contributed by atoms with Gasteiger partial charge in [0, 0.05) is 24.5 Å². The van der Waals surface area contributed by atoms with Crippen molar-refractivity contribution in [3.05, 3.63) is 70.2 Å². The number of hydrogen-bond acceptors (Lipinski definition) is 2. The summed E-state index contributed by atoms with van der Waals surface area (Å²) in [4.78, 5) is 27.0. The number of amides is 2. The predicted octanol–water partition coefficient (Wildman–Crippen LogP) is 3.49. The van der Waals surface area contributed by atoms with E-state index in [2.05, 4.69) is 5.32 Å². The Morgan fingerprint density at radius 3 is 2.64 bits per heavy atom. The van der Waals surface area contributed by atoms with Gasteiger partial charge in [-0.1, -0.05) is 61.0 Å². The van der Waals surface area contributed by atoms with E-state index in [1.807, 2.05) is 49.4 Å². The minimum atomic E-state index is -0.583. The van der Waals surface area contributed by atoms with Crippen LogP contribution in [0.2, 0.25) is 5.02 Å². The SMILES string of the molecule is CCC(=O)N1CCc2ccccc2[C@@H]1C(=O)NCc1ccccc1Cl. The molecule has 1 heterocycles. The van der Waals surface area contributed by atoms with Crippen LogP contribution in [0.3, 0.4) is 0 Å². The molecule has 25 heavy (non-hydrogen) atoms. The molecule has 0 radical (unpaired) electrons. The van der Waals surface area contributed by atoms with Gasteiger partial charge in [0.15, 0.2) is 0 Å². The van der Waals surface area contributed by atoms with Gasteiger partial charge in [-0.3, -0.25) is 9.59 Å². The first kappa shape index (κ1) is 17.5. The molecule has 3 rings (SSSR count). The number of nitrogens with zero attached hydrogens (tertiary/aromatic N) is 1. The van der Waals surface area contributed by atoms with Crippen LogP contribution in [0.15, 0.2) is 48.5 Å². The second kappa shape index (κ2) is 7.70. The third kappa shape index (κ3) is 3.69. The second-order valence-electron chi connectivity index (χ2n) is 6.10. The summed E-state index contributed by atoms with van der Waals surface area (Å²) in [5.41, 5.74) is 2.89. The highest BCUT2D eigenvalue weighted by Gasteiger charge is 2.34. The van der Waals surface area contributed by atoms with Gasteiger partial charge in [-0.15, -0.1) is 0 Å². The summed E-state index contributed by atoms with van der Waals surface area (Å²) in [6, 6.07) is 14.7. The smallest absolute Gasteiger partial charge is 0.247 e. The Morgan fingerprint density at radius 2 is 1.88 bits per heavy atom. The maximum absolute atomic E-state index is 12.9. The molecule has 130 valence electrons. The van der Waals surface area contributed by atoms with Crippen LogP contribution < -0.4 is 5.32 Å². The third-order valence-corrected chi connectivity index (χ3v) is 4.93. The van der Waals surface area contributed by atoms with Gasteiger partial charge in [0.1, 0.15) is 6.04 Å². The lowest BCUT2D eigenvalue weighted by atomic mass is 9.91. The van der Waals surface area contributed by atoms with Crippen molar-refractivity contribution in [1.82, 2.24) is 10.2 Å². The molecule has 1 aliphatic heterocycles. The van der Waals surface area contributed by atoms with Gasteiger partial charge in [-0.25, -0.2) is 0 Å². The molecular formula is C20H21ClN2O2. The Kier molecular flexibility index (Phi) is 5.39. The van der Waals surface area contributed by atoms with E-state index in [-0.39, 0.29) is 11.8 Å². The van der Waals surface area contributed by atoms with Crippen molar-refractivity contribution in [3.63, 3.8) is 0 Å². The first-order valence-corrected chi connectivity index (χ1v) is 8.88. The monoisotopic (exact) mass is 356 g/mol. The Bertz CT molecular complexity index is 791. The molecule has 1 aliphatic rings. The molecular weight excluding hydrogens is 336 g/mol. The average Bonchev–Trinajstić information content (AvgIpc) is 2.65. The zero-order valence-electron chi connectivity index (χ0n) is 14.2. The molecule has 0 bridgehead atoms. The number of rotatable bonds is 4. The number of benzene rings is 2. The van der Waals surface area contributed by atoms with Crippen LogP contribution in [-0.2, 0) is 22.6 Å². The first-order chi connectivity index (χ1) is 12.1. The average molecular weight is 357 g/mol.